The van der Waals surface area contributed by atoms with Crippen LogP contribution in [0.15, 0.2) is 18.2 Å². The van der Waals surface area contributed by atoms with Gasteiger partial charge in [-0.2, -0.15) is 0 Å². The highest BCUT2D eigenvalue weighted by molar-refractivity contribution is 5.85. The Bertz CT molecular complexity index is 561. The normalized spacial score (nSPS) is 17.8. The number of nitrogens with two attached hydrogens (primary N) is 1. The van der Waals surface area contributed by atoms with Gasteiger partial charge >= 0.3 is 0 Å². The Kier molecular flexibility index (Phi) is 6.90. The van der Waals surface area contributed by atoms with Crippen LogP contribution in [0.4, 0.5) is 0 Å². The lowest BCUT2D eigenvalue weighted by atomic mass is 10.1. The molecule has 0 spiro atoms. The number of ether oxygens (including phenoxy) is 2. The molecule has 1 aliphatic carbocycles. The molecule has 3 rings (SSSR count). The number of nitrogens with zero attached hydrogens (tertiary/aromatic N) is 1. The second-order valence-corrected chi connectivity index (χ2v) is 6.51. The van der Waals surface area contributed by atoms with Gasteiger partial charge in [-0.15, -0.1) is 12.4 Å². The highest BCUT2D eigenvalue weighted by Crippen LogP contribution is 2.29. The van der Waals surface area contributed by atoms with E-state index in [1.54, 1.807) is 7.11 Å². The van der Waals surface area contributed by atoms with Crippen LogP contribution < -0.4 is 10.5 Å². The predicted octanol–water partition coefficient (Wildman–Crippen LogP) is 2.29. The molecule has 1 atom stereocenters. The van der Waals surface area contributed by atoms with E-state index in [1.807, 2.05) is 11.0 Å². The molecule has 2 N–H and O–H groups in total. The number of hydrogen-bond donors (Lipinski definition) is 1. The molecule has 1 aromatic carbocycles. The first-order valence-corrected chi connectivity index (χ1v) is 8.48. The van der Waals surface area contributed by atoms with Crippen molar-refractivity contribution >= 4 is 18.3 Å². The Balaban J connectivity index is 0.00000208. The summed E-state index contributed by atoms with van der Waals surface area (Å²) in [6.07, 6.45) is 5.46. The maximum Gasteiger partial charge on any atom is 0.242 e. The lowest BCUT2D eigenvalue weighted by molar-refractivity contribution is -0.136. The fourth-order valence-electron chi connectivity index (χ4n) is 3.60. The van der Waals surface area contributed by atoms with Crippen LogP contribution in [-0.2, 0) is 22.5 Å². The molecule has 0 bridgehead atoms. The second-order valence-electron chi connectivity index (χ2n) is 6.51. The maximum absolute atomic E-state index is 12.8. The molecule has 0 aromatic heterocycles. The zero-order valence-electron chi connectivity index (χ0n) is 14.2. The summed E-state index contributed by atoms with van der Waals surface area (Å²) in [7, 11) is 1.58. The monoisotopic (exact) mass is 354 g/mol. The number of halogens is 1. The molecule has 1 amide bonds. The molecule has 24 heavy (non-hydrogen) atoms. The van der Waals surface area contributed by atoms with E-state index in [9.17, 15) is 4.79 Å². The van der Waals surface area contributed by atoms with E-state index in [1.165, 1.54) is 18.4 Å². The zero-order chi connectivity index (χ0) is 16.2. The number of carbonyl (C=O) groups is 1. The number of benzene rings is 1. The van der Waals surface area contributed by atoms with E-state index in [2.05, 4.69) is 12.1 Å². The van der Waals surface area contributed by atoms with Crippen molar-refractivity contribution < 1.29 is 14.3 Å². The van der Waals surface area contributed by atoms with Gasteiger partial charge < -0.3 is 20.1 Å². The van der Waals surface area contributed by atoms with Crippen molar-refractivity contribution in [2.45, 2.75) is 50.7 Å². The van der Waals surface area contributed by atoms with E-state index >= 15 is 0 Å². The Morgan fingerprint density at radius 3 is 2.88 bits per heavy atom. The fraction of sp³-hybridized carbons (Fsp3) is 0.611. The summed E-state index contributed by atoms with van der Waals surface area (Å²) < 4.78 is 10.6. The van der Waals surface area contributed by atoms with Crippen molar-refractivity contribution in [1.82, 2.24) is 4.90 Å². The van der Waals surface area contributed by atoms with Crippen LogP contribution >= 0.6 is 12.4 Å². The van der Waals surface area contributed by atoms with Crippen LogP contribution in [-0.4, -0.2) is 43.2 Å². The van der Waals surface area contributed by atoms with Gasteiger partial charge in [0.25, 0.3) is 0 Å². The maximum atomic E-state index is 12.8. The molecule has 6 heteroatoms. The van der Waals surface area contributed by atoms with E-state index < -0.39 is 6.04 Å². The van der Waals surface area contributed by atoms with Crippen LogP contribution in [0.1, 0.15) is 36.8 Å². The molecule has 2 aliphatic rings. The Morgan fingerprint density at radius 2 is 2.17 bits per heavy atom. The van der Waals surface area contributed by atoms with Gasteiger partial charge in [-0.25, -0.2) is 0 Å². The van der Waals surface area contributed by atoms with Crippen LogP contribution in [0.2, 0.25) is 0 Å². The second kappa shape index (κ2) is 8.70. The van der Waals surface area contributed by atoms with Crippen LogP contribution in [0.25, 0.3) is 0 Å². The van der Waals surface area contributed by atoms with Crippen LogP contribution in [0, 0.1) is 0 Å². The van der Waals surface area contributed by atoms with Gasteiger partial charge in [0, 0.05) is 26.1 Å². The van der Waals surface area contributed by atoms with Crippen molar-refractivity contribution in [1.29, 1.82) is 0 Å². The van der Waals surface area contributed by atoms with Crippen molar-refractivity contribution in [2.75, 3.05) is 20.3 Å². The zero-order valence-corrected chi connectivity index (χ0v) is 15.0. The van der Waals surface area contributed by atoms with Gasteiger partial charge in [0.2, 0.25) is 5.91 Å². The summed E-state index contributed by atoms with van der Waals surface area (Å²) in [5.41, 5.74) is 8.39. The molecule has 1 saturated carbocycles. The summed E-state index contributed by atoms with van der Waals surface area (Å²) in [5.74, 6) is 0.971. The van der Waals surface area contributed by atoms with Gasteiger partial charge in [-0.1, -0.05) is 25.0 Å². The third-order valence-electron chi connectivity index (χ3n) is 4.82. The van der Waals surface area contributed by atoms with Gasteiger partial charge in [0.15, 0.2) is 0 Å². The number of hydrogen-bond acceptors (Lipinski definition) is 4. The van der Waals surface area contributed by atoms with E-state index in [-0.39, 0.29) is 24.9 Å². The molecule has 1 unspecified atom stereocenters. The first-order chi connectivity index (χ1) is 11.2. The Labute approximate surface area is 149 Å². The molecule has 0 saturated heterocycles. The fourth-order valence-corrected chi connectivity index (χ4v) is 3.60. The molecular formula is C18H27ClN2O3. The number of amides is 1. The summed E-state index contributed by atoms with van der Waals surface area (Å²) in [6, 6.07) is 5.96. The van der Waals surface area contributed by atoms with Crippen molar-refractivity contribution in [3.05, 3.63) is 29.3 Å². The van der Waals surface area contributed by atoms with Crippen LogP contribution in [0.5, 0.6) is 5.75 Å². The molecule has 1 fully saturated rings. The SMILES string of the molecule is COCC(N)C(=O)N(Cc1ccc2c(c1)CCO2)C1CCCC1.Cl. The number of methoxy groups -OCH3 is 1. The average Bonchev–Trinajstić information content (AvgIpc) is 3.23. The van der Waals surface area contributed by atoms with Crippen molar-refractivity contribution in [3.63, 3.8) is 0 Å². The summed E-state index contributed by atoms with van der Waals surface area (Å²) in [4.78, 5) is 14.7. The minimum Gasteiger partial charge on any atom is -0.493 e. The lowest BCUT2D eigenvalue weighted by Gasteiger charge is -2.31. The molecule has 134 valence electrons. The first-order valence-electron chi connectivity index (χ1n) is 8.48. The third kappa shape index (κ3) is 4.21. The minimum atomic E-state index is -0.585. The minimum absolute atomic E-state index is 0. The van der Waals surface area contributed by atoms with Gasteiger partial charge in [0.1, 0.15) is 11.8 Å². The molecular weight excluding hydrogens is 328 g/mol. The van der Waals surface area contributed by atoms with E-state index in [4.69, 9.17) is 15.2 Å². The standard InChI is InChI=1S/C18H26N2O3.ClH/c1-22-12-16(19)18(21)20(15-4-2-3-5-15)11-13-6-7-17-14(10-13)8-9-23-17;/h6-7,10,15-16H,2-5,8-9,11-12,19H2,1H3;1H. The van der Waals surface area contributed by atoms with Crippen molar-refractivity contribution in [2.24, 2.45) is 5.73 Å². The quantitative estimate of drug-likeness (QED) is 0.851. The van der Waals surface area contributed by atoms with E-state index in [0.717, 1.165) is 37.2 Å². The topological polar surface area (TPSA) is 64.8 Å². The summed E-state index contributed by atoms with van der Waals surface area (Å²) in [5, 5.41) is 0. The third-order valence-corrected chi connectivity index (χ3v) is 4.82. The largest absolute Gasteiger partial charge is 0.493 e. The van der Waals surface area contributed by atoms with Gasteiger partial charge in [-0.3, -0.25) is 4.79 Å². The van der Waals surface area contributed by atoms with Crippen LogP contribution in [0.3, 0.4) is 0 Å². The highest BCUT2D eigenvalue weighted by atomic mass is 35.5. The van der Waals surface area contributed by atoms with Crippen molar-refractivity contribution in [3.8, 4) is 5.75 Å². The Morgan fingerprint density at radius 1 is 1.42 bits per heavy atom. The molecule has 5 nitrogen and oxygen atoms in total. The highest BCUT2D eigenvalue weighted by Gasteiger charge is 2.30. The molecule has 1 heterocycles. The molecule has 0 radical (unpaired) electrons. The summed E-state index contributed by atoms with van der Waals surface area (Å²) >= 11 is 0. The van der Waals surface area contributed by atoms with Gasteiger partial charge in [0.05, 0.1) is 13.2 Å². The average molecular weight is 355 g/mol. The number of carbonyl (C=O) groups excluding carboxylic acids is 1. The molecule has 1 aromatic rings. The first kappa shape index (κ1) is 19.0. The number of rotatable bonds is 6. The number of fused-ring (bicyclic) bond motifs is 1. The summed E-state index contributed by atoms with van der Waals surface area (Å²) in [6.45, 7) is 1.64. The predicted molar refractivity (Wildman–Crippen MR) is 95.5 cm³/mol. The van der Waals surface area contributed by atoms with Gasteiger partial charge in [-0.05, 0) is 30.0 Å². The Hall–Kier alpha value is -1.30. The lowest BCUT2D eigenvalue weighted by Crippen LogP contribution is -2.49. The van der Waals surface area contributed by atoms with E-state index in [0.29, 0.717) is 12.6 Å². The molecule has 1 aliphatic heterocycles. The smallest absolute Gasteiger partial charge is 0.242 e.